The summed E-state index contributed by atoms with van der Waals surface area (Å²) in [5.41, 5.74) is 1.12. The SMILES string of the molecule is CN=C(NCCc1nc(C)c(C)s1)NCC(C)Oc1cccc(Cl)c1. The van der Waals surface area contributed by atoms with Crippen LogP contribution in [0.3, 0.4) is 0 Å². The lowest BCUT2D eigenvalue weighted by atomic mass is 10.3. The second-order valence-corrected chi connectivity index (χ2v) is 7.49. The van der Waals surface area contributed by atoms with Crippen LogP contribution in [0.5, 0.6) is 5.75 Å². The molecule has 5 nitrogen and oxygen atoms in total. The fourth-order valence-corrected chi connectivity index (χ4v) is 3.32. The molecule has 0 spiro atoms. The molecule has 1 unspecified atom stereocenters. The molecule has 0 fully saturated rings. The number of hydrogen-bond acceptors (Lipinski definition) is 4. The molecule has 2 N–H and O–H groups in total. The van der Waals surface area contributed by atoms with Crippen LogP contribution in [0, 0.1) is 13.8 Å². The number of nitrogens with one attached hydrogen (secondary N) is 2. The molecular formula is C18H25ClN4OS. The summed E-state index contributed by atoms with van der Waals surface area (Å²) in [6, 6.07) is 7.41. The maximum absolute atomic E-state index is 5.97. The van der Waals surface area contributed by atoms with E-state index in [4.69, 9.17) is 16.3 Å². The summed E-state index contributed by atoms with van der Waals surface area (Å²) in [6.45, 7) is 7.58. The van der Waals surface area contributed by atoms with Crippen molar-refractivity contribution in [2.24, 2.45) is 4.99 Å². The Balaban J connectivity index is 1.72. The first kappa shape index (κ1) is 19.5. The Morgan fingerprint density at radius 1 is 1.36 bits per heavy atom. The van der Waals surface area contributed by atoms with Gasteiger partial charge >= 0.3 is 0 Å². The van der Waals surface area contributed by atoms with Crippen LogP contribution in [0.4, 0.5) is 0 Å². The number of aromatic nitrogens is 1. The van der Waals surface area contributed by atoms with Crippen LogP contribution < -0.4 is 15.4 Å². The molecule has 25 heavy (non-hydrogen) atoms. The van der Waals surface area contributed by atoms with Gasteiger partial charge in [-0.2, -0.15) is 0 Å². The van der Waals surface area contributed by atoms with Crippen LogP contribution in [0.25, 0.3) is 0 Å². The monoisotopic (exact) mass is 380 g/mol. The highest BCUT2D eigenvalue weighted by molar-refractivity contribution is 7.11. The van der Waals surface area contributed by atoms with Gasteiger partial charge in [-0.1, -0.05) is 17.7 Å². The summed E-state index contributed by atoms with van der Waals surface area (Å²) < 4.78 is 5.84. The number of aryl methyl sites for hydroxylation is 2. The molecule has 0 aliphatic carbocycles. The van der Waals surface area contributed by atoms with E-state index >= 15 is 0 Å². The summed E-state index contributed by atoms with van der Waals surface area (Å²) in [5.74, 6) is 1.52. The van der Waals surface area contributed by atoms with Gasteiger partial charge in [0.2, 0.25) is 0 Å². The van der Waals surface area contributed by atoms with Gasteiger partial charge in [-0.3, -0.25) is 4.99 Å². The van der Waals surface area contributed by atoms with Gasteiger partial charge in [0, 0.05) is 29.9 Å². The largest absolute Gasteiger partial charge is 0.489 e. The molecule has 0 aliphatic heterocycles. The van der Waals surface area contributed by atoms with Gasteiger partial charge in [-0.05, 0) is 39.0 Å². The zero-order chi connectivity index (χ0) is 18.2. The van der Waals surface area contributed by atoms with Crippen LogP contribution in [0.1, 0.15) is 22.5 Å². The minimum Gasteiger partial charge on any atom is -0.489 e. The minimum absolute atomic E-state index is 0.0127. The summed E-state index contributed by atoms with van der Waals surface area (Å²) in [6.07, 6.45) is 0.871. The Bertz CT molecular complexity index is 697. The zero-order valence-corrected chi connectivity index (χ0v) is 16.7. The van der Waals surface area contributed by atoms with Crippen molar-refractivity contribution >= 4 is 28.9 Å². The topological polar surface area (TPSA) is 58.5 Å². The molecule has 0 amide bonds. The number of halogens is 1. The highest BCUT2D eigenvalue weighted by atomic mass is 35.5. The highest BCUT2D eigenvalue weighted by Gasteiger charge is 2.07. The first-order valence-corrected chi connectivity index (χ1v) is 9.47. The van der Waals surface area contributed by atoms with Crippen LogP contribution in [0.2, 0.25) is 5.02 Å². The molecule has 0 saturated heterocycles. The molecule has 1 heterocycles. The van der Waals surface area contributed by atoms with Gasteiger partial charge in [0.05, 0.1) is 17.2 Å². The fraction of sp³-hybridized carbons (Fsp3) is 0.444. The molecule has 1 aromatic heterocycles. The van der Waals surface area contributed by atoms with E-state index in [1.54, 1.807) is 18.4 Å². The zero-order valence-electron chi connectivity index (χ0n) is 15.1. The molecule has 0 aliphatic rings. The number of rotatable bonds is 7. The van der Waals surface area contributed by atoms with Crippen LogP contribution in [-0.4, -0.2) is 37.2 Å². The van der Waals surface area contributed by atoms with Crippen molar-refractivity contribution in [3.8, 4) is 5.75 Å². The number of thiazole rings is 1. The van der Waals surface area contributed by atoms with Crippen molar-refractivity contribution in [2.75, 3.05) is 20.1 Å². The number of benzene rings is 1. The normalized spacial score (nSPS) is 12.8. The van der Waals surface area contributed by atoms with E-state index in [9.17, 15) is 0 Å². The van der Waals surface area contributed by atoms with Crippen LogP contribution in [-0.2, 0) is 6.42 Å². The first-order valence-electron chi connectivity index (χ1n) is 8.27. The minimum atomic E-state index is -0.0127. The average Bonchev–Trinajstić information content (AvgIpc) is 2.88. The number of nitrogens with zero attached hydrogens (tertiary/aromatic N) is 2. The number of aliphatic imine (C=N–C) groups is 1. The molecule has 136 valence electrons. The quantitative estimate of drug-likeness (QED) is 0.569. The summed E-state index contributed by atoms with van der Waals surface area (Å²) in [5, 5.41) is 8.39. The highest BCUT2D eigenvalue weighted by Crippen LogP contribution is 2.18. The van der Waals surface area contributed by atoms with Crippen LogP contribution >= 0.6 is 22.9 Å². The molecule has 2 rings (SSSR count). The molecule has 0 bridgehead atoms. The van der Waals surface area contributed by atoms with Crippen molar-refractivity contribution in [3.63, 3.8) is 0 Å². The maximum Gasteiger partial charge on any atom is 0.191 e. The van der Waals surface area contributed by atoms with Gasteiger partial charge in [-0.15, -0.1) is 11.3 Å². The van der Waals surface area contributed by atoms with Gasteiger partial charge in [0.1, 0.15) is 11.9 Å². The number of hydrogen-bond donors (Lipinski definition) is 2. The lowest BCUT2D eigenvalue weighted by Gasteiger charge is -2.17. The van der Waals surface area contributed by atoms with Gasteiger partial charge in [0.15, 0.2) is 5.96 Å². The van der Waals surface area contributed by atoms with Crippen molar-refractivity contribution in [2.45, 2.75) is 33.3 Å². The Morgan fingerprint density at radius 2 is 2.16 bits per heavy atom. The van der Waals surface area contributed by atoms with Crippen molar-refractivity contribution in [1.29, 1.82) is 0 Å². The average molecular weight is 381 g/mol. The Kier molecular flexibility index (Phi) is 7.52. The molecule has 0 radical (unpaired) electrons. The summed E-state index contributed by atoms with van der Waals surface area (Å²) >= 11 is 7.72. The van der Waals surface area contributed by atoms with E-state index in [2.05, 4.69) is 27.5 Å². The molecule has 7 heteroatoms. The summed E-state index contributed by atoms with van der Waals surface area (Å²) in [4.78, 5) is 10.1. The third-order valence-corrected chi connectivity index (χ3v) is 4.99. The lowest BCUT2D eigenvalue weighted by Crippen LogP contribution is -2.42. The molecule has 2 aromatic rings. The standard InChI is InChI=1S/C18H25ClN4OS/c1-12(24-16-7-5-6-15(19)10-16)11-22-18(20-4)21-9-8-17-23-13(2)14(3)25-17/h5-7,10,12H,8-9,11H2,1-4H3,(H2,20,21,22). The first-order chi connectivity index (χ1) is 12.0. The van der Waals surface area contributed by atoms with E-state index in [1.165, 1.54) is 4.88 Å². The van der Waals surface area contributed by atoms with Gasteiger partial charge in [0.25, 0.3) is 0 Å². The van der Waals surface area contributed by atoms with E-state index in [0.717, 1.165) is 35.4 Å². The second-order valence-electron chi connectivity index (χ2n) is 5.76. The fourth-order valence-electron chi connectivity index (χ4n) is 2.21. The Labute approximate surface area is 158 Å². The predicted octanol–water partition coefficient (Wildman–Crippen LogP) is 3.59. The number of guanidine groups is 1. The third kappa shape index (κ3) is 6.55. The van der Waals surface area contributed by atoms with E-state index in [1.807, 2.05) is 38.1 Å². The van der Waals surface area contributed by atoms with E-state index < -0.39 is 0 Å². The van der Waals surface area contributed by atoms with E-state index in [0.29, 0.717) is 11.6 Å². The molecular weight excluding hydrogens is 356 g/mol. The smallest absolute Gasteiger partial charge is 0.191 e. The predicted molar refractivity (Wildman–Crippen MR) is 106 cm³/mol. The summed E-state index contributed by atoms with van der Waals surface area (Å²) in [7, 11) is 1.76. The van der Waals surface area contributed by atoms with Gasteiger partial charge < -0.3 is 15.4 Å². The third-order valence-electron chi connectivity index (χ3n) is 3.62. The Morgan fingerprint density at radius 3 is 2.80 bits per heavy atom. The van der Waals surface area contributed by atoms with E-state index in [-0.39, 0.29) is 6.10 Å². The molecule has 1 aromatic carbocycles. The van der Waals surface area contributed by atoms with Crippen molar-refractivity contribution in [1.82, 2.24) is 15.6 Å². The molecule has 0 saturated carbocycles. The van der Waals surface area contributed by atoms with Crippen LogP contribution in [0.15, 0.2) is 29.3 Å². The Hall–Kier alpha value is -1.79. The lowest BCUT2D eigenvalue weighted by molar-refractivity contribution is 0.224. The molecule has 1 atom stereocenters. The number of ether oxygens (including phenoxy) is 1. The van der Waals surface area contributed by atoms with Gasteiger partial charge in [-0.25, -0.2) is 4.98 Å². The maximum atomic E-state index is 5.97. The van der Waals surface area contributed by atoms with Crippen molar-refractivity contribution < 1.29 is 4.74 Å². The van der Waals surface area contributed by atoms with Crippen molar-refractivity contribution in [3.05, 3.63) is 44.9 Å². The second kappa shape index (κ2) is 9.63.